The molecule has 0 aliphatic carbocycles. The molecule has 2 heterocycles. The highest BCUT2D eigenvalue weighted by atomic mass is 35.5. The number of benzene rings is 1. The van der Waals surface area contributed by atoms with E-state index in [4.69, 9.17) is 11.6 Å². The van der Waals surface area contributed by atoms with Crippen LogP contribution in [0.4, 0.5) is 5.69 Å². The van der Waals surface area contributed by atoms with E-state index in [2.05, 4.69) is 22.3 Å². The molecule has 0 bridgehead atoms. The van der Waals surface area contributed by atoms with Crippen molar-refractivity contribution >= 4 is 17.3 Å². The molecule has 1 fully saturated rings. The van der Waals surface area contributed by atoms with Gasteiger partial charge in [-0.2, -0.15) is 0 Å². The van der Waals surface area contributed by atoms with Crippen molar-refractivity contribution < 1.29 is 0 Å². The zero-order valence-electron chi connectivity index (χ0n) is 10.1. The third-order valence-corrected chi connectivity index (χ3v) is 4.36. The molecule has 2 aliphatic heterocycles. The summed E-state index contributed by atoms with van der Waals surface area (Å²) in [6.45, 7) is 4.71. The highest BCUT2D eigenvalue weighted by Gasteiger charge is 2.24. The first-order chi connectivity index (χ1) is 8.34. The van der Waals surface area contributed by atoms with Gasteiger partial charge in [0.1, 0.15) is 0 Å². The molecule has 2 aliphatic rings. The predicted octanol–water partition coefficient (Wildman–Crippen LogP) is 2.70. The quantitative estimate of drug-likeness (QED) is 0.868. The lowest BCUT2D eigenvalue weighted by Gasteiger charge is -2.29. The summed E-state index contributed by atoms with van der Waals surface area (Å²) in [5.74, 6) is 0.848. The van der Waals surface area contributed by atoms with Crippen molar-refractivity contribution in [1.82, 2.24) is 5.32 Å². The fraction of sp³-hybridized carbons (Fsp3) is 0.571. The van der Waals surface area contributed by atoms with E-state index >= 15 is 0 Å². The van der Waals surface area contributed by atoms with Gasteiger partial charge in [-0.3, -0.25) is 0 Å². The Morgan fingerprint density at radius 1 is 1.29 bits per heavy atom. The molecule has 2 nitrogen and oxygen atoms in total. The Balaban J connectivity index is 1.72. The molecule has 1 aromatic carbocycles. The molecule has 0 radical (unpaired) electrons. The van der Waals surface area contributed by atoms with Crippen molar-refractivity contribution in [3.63, 3.8) is 0 Å². The first-order valence-electron chi connectivity index (χ1n) is 6.57. The number of fused-ring (bicyclic) bond motifs is 1. The number of halogens is 1. The molecule has 3 rings (SSSR count). The van der Waals surface area contributed by atoms with Crippen LogP contribution in [-0.4, -0.2) is 26.2 Å². The number of piperidine rings is 1. The predicted molar refractivity (Wildman–Crippen MR) is 73.0 cm³/mol. The molecule has 0 amide bonds. The normalized spacial score (nSPS) is 20.6. The van der Waals surface area contributed by atoms with Crippen LogP contribution in [0, 0.1) is 5.92 Å². The minimum Gasteiger partial charge on any atom is -0.371 e. The van der Waals surface area contributed by atoms with Gasteiger partial charge >= 0.3 is 0 Å². The topological polar surface area (TPSA) is 15.3 Å². The van der Waals surface area contributed by atoms with Gasteiger partial charge in [0.15, 0.2) is 0 Å². The van der Waals surface area contributed by atoms with Crippen LogP contribution in [-0.2, 0) is 6.42 Å². The summed E-state index contributed by atoms with van der Waals surface area (Å²) in [6, 6.07) is 6.30. The fourth-order valence-corrected chi connectivity index (χ4v) is 3.29. The van der Waals surface area contributed by atoms with Crippen LogP contribution in [0.3, 0.4) is 0 Å². The third kappa shape index (κ3) is 2.29. The summed E-state index contributed by atoms with van der Waals surface area (Å²) in [6.07, 6.45) is 3.73. The van der Waals surface area contributed by atoms with Crippen molar-refractivity contribution in [1.29, 1.82) is 0 Å². The number of anilines is 1. The Labute approximate surface area is 108 Å². The maximum absolute atomic E-state index is 6.24. The van der Waals surface area contributed by atoms with Crippen molar-refractivity contribution in [2.24, 2.45) is 5.92 Å². The number of rotatable bonds is 2. The van der Waals surface area contributed by atoms with Gasteiger partial charge in [0.05, 0.1) is 0 Å². The Morgan fingerprint density at radius 3 is 2.94 bits per heavy atom. The number of hydrogen-bond acceptors (Lipinski definition) is 2. The van der Waals surface area contributed by atoms with Crippen LogP contribution in [0.1, 0.15) is 18.4 Å². The Morgan fingerprint density at radius 2 is 2.12 bits per heavy atom. The summed E-state index contributed by atoms with van der Waals surface area (Å²) in [7, 11) is 0. The van der Waals surface area contributed by atoms with E-state index in [1.165, 1.54) is 43.7 Å². The third-order valence-electron chi connectivity index (χ3n) is 4.00. The lowest BCUT2D eigenvalue weighted by molar-refractivity contribution is 0.375. The molecule has 0 spiro atoms. The van der Waals surface area contributed by atoms with Gasteiger partial charge in [-0.15, -0.1) is 0 Å². The average molecular weight is 251 g/mol. The molecule has 1 N–H and O–H groups in total. The van der Waals surface area contributed by atoms with Crippen molar-refractivity contribution in [3.05, 3.63) is 28.8 Å². The zero-order valence-corrected chi connectivity index (χ0v) is 10.8. The molecule has 92 valence electrons. The van der Waals surface area contributed by atoms with E-state index in [0.29, 0.717) is 0 Å². The largest absolute Gasteiger partial charge is 0.371 e. The first kappa shape index (κ1) is 11.4. The van der Waals surface area contributed by atoms with E-state index in [9.17, 15) is 0 Å². The van der Waals surface area contributed by atoms with E-state index in [1.807, 2.05) is 6.07 Å². The number of hydrogen-bond donors (Lipinski definition) is 1. The van der Waals surface area contributed by atoms with Gasteiger partial charge in [0, 0.05) is 23.8 Å². The molecule has 0 aromatic heterocycles. The molecule has 1 aromatic rings. The summed E-state index contributed by atoms with van der Waals surface area (Å²) >= 11 is 6.24. The number of nitrogens with zero attached hydrogens (tertiary/aromatic N) is 1. The van der Waals surface area contributed by atoms with E-state index in [0.717, 1.165) is 23.9 Å². The second kappa shape index (κ2) is 4.87. The fourth-order valence-electron chi connectivity index (χ4n) is 3.02. The van der Waals surface area contributed by atoms with E-state index in [1.54, 1.807) is 0 Å². The molecule has 0 saturated carbocycles. The van der Waals surface area contributed by atoms with Crippen molar-refractivity contribution in [3.8, 4) is 0 Å². The van der Waals surface area contributed by atoms with Crippen LogP contribution in [0.2, 0.25) is 5.02 Å². The summed E-state index contributed by atoms with van der Waals surface area (Å²) in [4.78, 5) is 2.52. The Hall–Kier alpha value is -0.730. The van der Waals surface area contributed by atoms with Crippen molar-refractivity contribution in [2.45, 2.75) is 19.3 Å². The maximum atomic E-state index is 6.24. The standard InChI is InChI=1S/C14H19ClN2/c15-13-2-1-3-14-12(13)6-9-17(14)10-11-4-7-16-8-5-11/h1-3,11,16H,4-10H2. The van der Waals surface area contributed by atoms with Crippen LogP contribution in [0.5, 0.6) is 0 Å². The minimum atomic E-state index is 0.848. The van der Waals surface area contributed by atoms with E-state index in [-0.39, 0.29) is 0 Å². The molecule has 1 saturated heterocycles. The molecule has 0 atom stereocenters. The summed E-state index contributed by atoms with van der Waals surface area (Å²) in [5.41, 5.74) is 2.72. The smallest absolute Gasteiger partial charge is 0.0459 e. The molecular weight excluding hydrogens is 232 g/mol. The summed E-state index contributed by atoms with van der Waals surface area (Å²) < 4.78 is 0. The van der Waals surface area contributed by atoms with Gasteiger partial charge in [-0.05, 0) is 56.0 Å². The van der Waals surface area contributed by atoms with Crippen molar-refractivity contribution in [2.75, 3.05) is 31.1 Å². The SMILES string of the molecule is Clc1cccc2c1CCN2CC1CCNCC1. The van der Waals surface area contributed by atoms with Crippen LogP contribution >= 0.6 is 11.6 Å². The average Bonchev–Trinajstić information content (AvgIpc) is 2.76. The van der Waals surface area contributed by atoms with Gasteiger partial charge < -0.3 is 10.2 Å². The monoisotopic (exact) mass is 250 g/mol. The Kier molecular flexibility index (Phi) is 3.26. The van der Waals surface area contributed by atoms with Crippen LogP contribution < -0.4 is 10.2 Å². The number of nitrogens with one attached hydrogen (secondary N) is 1. The molecule has 17 heavy (non-hydrogen) atoms. The maximum Gasteiger partial charge on any atom is 0.0459 e. The van der Waals surface area contributed by atoms with Crippen LogP contribution in [0.15, 0.2) is 18.2 Å². The highest BCUT2D eigenvalue weighted by Crippen LogP contribution is 2.34. The first-order valence-corrected chi connectivity index (χ1v) is 6.95. The summed E-state index contributed by atoms with van der Waals surface area (Å²) in [5, 5.41) is 4.37. The van der Waals surface area contributed by atoms with Gasteiger partial charge in [-0.1, -0.05) is 17.7 Å². The van der Waals surface area contributed by atoms with Gasteiger partial charge in [-0.25, -0.2) is 0 Å². The molecule has 0 unspecified atom stereocenters. The molecular formula is C14H19ClN2. The second-order valence-corrected chi connectivity index (χ2v) is 5.53. The lowest BCUT2D eigenvalue weighted by atomic mass is 9.97. The zero-order chi connectivity index (χ0) is 11.7. The van der Waals surface area contributed by atoms with Gasteiger partial charge in [0.2, 0.25) is 0 Å². The second-order valence-electron chi connectivity index (χ2n) is 5.13. The van der Waals surface area contributed by atoms with Crippen LogP contribution in [0.25, 0.3) is 0 Å². The van der Waals surface area contributed by atoms with Gasteiger partial charge in [0.25, 0.3) is 0 Å². The lowest BCUT2D eigenvalue weighted by Crippen LogP contribution is -2.35. The molecule has 3 heteroatoms. The Bertz CT molecular complexity index is 399. The highest BCUT2D eigenvalue weighted by molar-refractivity contribution is 6.31. The van der Waals surface area contributed by atoms with E-state index < -0.39 is 0 Å². The minimum absolute atomic E-state index is 0.848.